The Hall–Kier alpha value is -5.31. The first-order valence-electron chi connectivity index (χ1n) is 25.8. The molecule has 2 atom stereocenters. The zero-order chi connectivity index (χ0) is 55.6. The van der Waals surface area contributed by atoms with Gasteiger partial charge in [-0.2, -0.15) is 52.7 Å². The number of anilines is 2. The van der Waals surface area contributed by atoms with E-state index in [0.29, 0.717) is 36.8 Å². The van der Waals surface area contributed by atoms with Gasteiger partial charge in [-0.3, -0.25) is 4.99 Å². The number of thiocarbonyl (C=S) groups is 2. The van der Waals surface area contributed by atoms with E-state index in [4.69, 9.17) is 29.4 Å². The number of hydrogen-bond donors (Lipinski definition) is 6. The molecule has 7 nitrogen and oxygen atoms in total. The molecule has 4 rings (SSSR count). The number of hydrogen-bond acceptors (Lipinski definition) is 3. The number of unbranched alkanes of at least 4 members (excludes halogenated alkanes) is 15. The van der Waals surface area contributed by atoms with E-state index < -0.39 is 70.4 Å². The molecular weight excluding hydrogens is 1050 g/mol. The number of alkyl halides is 12. The standard InChI is InChI=1S/C55H69F12N7S2/c1-2-3-4-5-6-7-8-9-10-11-12-13-14-15-16-23-28-68-49(69-37-47(29-39-24-19-17-20-25-39)73-50(75)71-45-33-41(52(56,57)58)31-42(34-45)53(59,60)61)70-38-48(30-40-26-21-18-22-27-40)74-51(76)72-46-35-43(54(62,63)64)32-44(36-46)55(65,66)67/h17-22,24-27,31-36,47-48H,2-16,23,28-30,37-38H2,1H3,(H2,68,69,70)(H2,71,73,75)(H2,72,74,76)/t47-,48-/m0/s1. The van der Waals surface area contributed by atoms with Crippen LogP contribution in [0, 0.1) is 0 Å². The molecule has 0 aromatic heterocycles. The molecular formula is C55H69F12N7S2. The second-order valence-corrected chi connectivity index (χ2v) is 19.7. The van der Waals surface area contributed by atoms with Gasteiger partial charge in [-0.15, -0.1) is 0 Å². The summed E-state index contributed by atoms with van der Waals surface area (Å²) in [5.41, 5.74) is -5.53. The molecule has 0 fully saturated rings. The maximum atomic E-state index is 13.7. The Morgan fingerprint density at radius 2 is 0.789 bits per heavy atom. The van der Waals surface area contributed by atoms with Gasteiger partial charge in [0, 0.05) is 30.5 Å². The Bertz CT molecular complexity index is 2300. The highest BCUT2D eigenvalue weighted by atomic mass is 32.1. The molecule has 21 heteroatoms. The molecule has 0 bridgehead atoms. The summed E-state index contributed by atoms with van der Waals surface area (Å²) in [6.45, 7) is 2.73. The first kappa shape index (κ1) is 63.2. The molecule has 420 valence electrons. The van der Waals surface area contributed by atoms with Gasteiger partial charge in [0.25, 0.3) is 0 Å². The fourth-order valence-electron chi connectivity index (χ4n) is 8.37. The molecule has 0 aliphatic rings. The van der Waals surface area contributed by atoms with E-state index in [1.54, 1.807) is 36.4 Å². The van der Waals surface area contributed by atoms with Gasteiger partial charge < -0.3 is 31.9 Å². The SMILES string of the molecule is CCCCCCCCCCCCCCCCCCNC(=NC[C@H](Cc1ccccc1)NC(=S)Nc1cc(C(F)(F)F)cc(C(F)(F)F)c1)NC[C@H](Cc1ccccc1)NC(=S)Nc1cc(C(F)(F)F)cc(C(F)(F)F)c1. The normalized spacial score (nSPS) is 13.2. The molecule has 0 saturated heterocycles. The highest BCUT2D eigenvalue weighted by Gasteiger charge is 2.38. The molecule has 0 aliphatic carbocycles. The minimum Gasteiger partial charge on any atom is -0.358 e. The monoisotopic (exact) mass is 1120 g/mol. The van der Waals surface area contributed by atoms with Crippen LogP contribution in [0.1, 0.15) is 143 Å². The maximum absolute atomic E-state index is 13.7. The Morgan fingerprint density at radius 1 is 0.447 bits per heavy atom. The second-order valence-electron chi connectivity index (χ2n) is 18.9. The lowest BCUT2D eigenvalue weighted by Gasteiger charge is -2.24. The van der Waals surface area contributed by atoms with Gasteiger partial charge in [-0.25, -0.2) is 0 Å². The number of nitrogens with zero attached hydrogens (tertiary/aromatic N) is 1. The van der Waals surface area contributed by atoms with Crippen LogP contribution in [0.5, 0.6) is 0 Å². The highest BCUT2D eigenvalue weighted by molar-refractivity contribution is 7.80. The molecule has 0 aliphatic heterocycles. The van der Waals surface area contributed by atoms with E-state index in [-0.39, 0.29) is 48.3 Å². The molecule has 0 heterocycles. The zero-order valence-electron chi connectivity index (χ0n) is 42.5. The third kappa shape index (κ3) is 25.2. The molecule has 0 unspecified atom stereocenters. The van der Waals surface area contributed by atoms with Crippen molar-refractivity contribution < 1.29 is 52.7 Å². The van der Waals surface area contributed by atoms with E-state index in [1.165, 1.54) is 70.6 Å². The third-order valence-electron chi connectivity index (χ3n) is 12.3. The van der Waals surface area contributed by atoms with Crippen molar-refractivity contribution in [3.05, 3.63) is 130 Å². The van der Waals surface area contributed by atoms with Crippen LogP contribution >= 0.6 is 24.4 Å². The van der Waals surface area contributed by atoms with E-state index in [9.17, 15) is 52.7 Å². The Morgan fingerprint density at radius 3 is 1.16 bits per heavy atom. The summed E-state index contributed by atoms with van der Waals surface area (Å²) >= 11 is 10.9. The Kier molecular flexibility index (Phi) is 26.5. The molecule has 0 spiro atoms. The van der Waals surface area contributed by atoms with Crippen LogP contribution in [0.25, 0.3) is 0 Å². The van der Waals surface area contributed by atoms with E-state index >= 15 is 0 Å². The molecule has 0 amide bonds. The number of rotatable bonds is 29. The number of benzene rings is 4. The Balaban J connectivity index is 1.50. The summed E-state index contributed by atoms with van der Waals surface area (Å²) < 4.78 is 164. The predicted octanol–water partition coefficient (Wildman–Crippen LogP) is 16.1. The number of nitrogens with one attached hydrogen (secondary N) is 6. The highest BCUT2D eigenvalue weighted by Crippen LogP contribution is 2.39. The van der Waals surface area contributed by atoms with Crippen LogP contribution in [0.3, 0.4) is 0 Å². The van der Waals surface area contributed by atoms with Gasteiger partial charge in [0.1, 0.15) is 0 Å². The van der Waals surface area contributed by atoms with Crippen LogP contribution in [0.2, 0.25) is 0 Å². The lowest BCUT2D eigenvalue weighted by Crippen LogP contribution is -2.49. The lowest BCUT2D eigenvalue weighted by molar-refractivity contribution is -0.144. The molecule has 6 N–H and O–H groups in total. The van der Waals surface area contributed by atoms with Crippen LogP contribution in [0.15, 0.2) is 102 Å². The van der Waals surface area contributed by atoms with Crippen LogP contribution in [0.4, 0.5) is 64.1 Å². The predicted molar refractivity (Wildman–Crippen MR) is 287 cm³/mol. The van der Waals surface area contributed by atoms with Crippen molar-refractivity contribution in [3.63, 3.8) is 0 Å². The average Bonchev–Trinajstić information content (AvgIpc) is 3.34. The van der Waals surface area contributed by atoms with Gasteiger partial charge in [0.05, 0.1) is 34.8 Å². The molecule has 0 saturated carbocycles. The van der Waals surface area contributed by atoms with Gasteiger partial charge >= 0.3 is 24.7 Å². The van der Waals surface area contributed by atoms with Crippen LogP contribution in [-0.2, 0) is 37.5 Å². The van der Waals surface area contributed by atoms with E-state index in [2.05, 4.69) is 38.8 Å². The van der Waals surface area contributed by atoms with Gasteiger partial charge in [0.15, 0.2) is 16.2 Å². The van der Waals surface area contributed by atoms with Gasteiger partial charge in [-0.1, -0.05) is 164 Å². The fraction of sp³-hybridized carbons (Fsp3) is 0.509. The molecule has 4 aromatic rings. The Labute approximate surface area is 449 Å². The van der Waals surface area contributed by atoms with Crippen molar-refractivity contribution in [3.8, 4) is 0 Å². The van der Waals surface area contributed by atoms with Crippen molar-refractivity contribution in [2.45, 2.75) is 159 Å². The number of aliphatic imine (C=N–C) groups is 1. The zero-order valence-corrected chi connectivity index (χ0v) is 44.2. The number of guanidine groups is 1. The minimum atomic E-state index is -5.08. The van der Waals surface area contributed by atoms with Crippen LogP contribution in [-0.4, -0.2) is 47.9 Å². The quantitative estimate of drug-likeness (QED) is 0.0106. The van der Waals surface area contributed by atoms with Crippen molar-refractivity contribution >= 4 is 52.0 Å². The average molecular weight is 1120 g/mol. The van der Waals surface area contributed by atoms with Crippen molar-refractivity contribution in [1.82, 2.24) is 21.3 Å². The lowest BCUT2D eigenvalue weighted by atomic mass is 10.0. The summed E-state index contributed by atoms with van der Waals surface area (Å²) in [7, 11) is 0. The van der Waals surface area contributed by atoms with Crippen LogP contribution < -0.4 is 31.9 Å². The summed E-state index contributed by atoms with van der Waals surface area (Å²) in [6.07, 6.45) is -0.773. The summed E-state index contributed by atoms with van der Waals surface area (Å²) in [6, 6.07) is 18.9. The summed E-state index contributed by atoms with van der Waals surface area (Å²) in [4.78, 5) is 4.83. The molecule has 76 heavy (non-hydrogen) atoms. The van der Waals surface area contributed by atoms with Gasteiger partial charge in [-0.05, 0) is 91.2 Å². The first-order valence-corrected chi connectivity index (χ1v) is 26.6. The van der Waals surface area contributed by atoms with Gasteiger partial charge in [0.2, 0.25) is 0 Å². The summed E-state index contributed by atoms with van der Waals surface area (Å²) in [5.74, 6) is 0.291. The first-order chi connectivity index (χ1) is 36.0. The van der Waals surface area contributed by atoms with Crippen molar-refractivity contribution in [2.24, 2.45) is 4.99 Å². The minimum absolute atomic E-state index is 0.0173. The van der Waals surface area contributed by atoms with Crippen molar-refractivity contribution in [1.29, 1.82) is 0 Å². The molecule has 4 aromatic carbocycles. The summed E-state index contributed by atoms with van der Waals surface area (Å²) in [5, 5.41) is 17.1. The third-order valence-corrected chi connectivity index (χ3v) is 12.8. The topological polar surface area (TPSA) is 84.5 Å². The fourth-order valence-corrected chi connectivity index (χ4v) is 8.94. The largest absolute Gasteiger partial charge is 0.416 e. The second kappa shape index (κ2) is 31.8. The smallest absolute Gasteiger partial charge is 0.358 e. The van der Waals surface area contributed by atoms with E-state index in [1.807, 2.05) is 24.3 Å². The number of halogens is 12. The van der Waals surface area contributed by atoms with Crippen molar-refractivity contribution in [2.75, 3.05) is 30.3 Å². The molecule has 0 radical (unpaired) electrons. The van der Waals surface area contributed by atoms with E-state index in [0.717, 1.165) is 43.2 Å². The maximum Gasteiger partial charge on any atom is 0.416 e.